The lowest BCUT2D eigenvalue weighted by atomic mass is 9.69. The number of carboxylic acids is 1. The number of carbonyl (C=O) groups is 1. The molecule has 0 spiro atoms. The van der Waals surface area contributed by atoms with Gasteiger partial charge in [0.05, 0.1) is 19.0 Å². The van der Waals surface area contributed by atoms with E-state index in [0.717, 1.165) is 42.0 Å². The summed E-state index contributed by atoms with van der Waals surface area (Å²) in [5.41, 5.74) is 1.45. The highest BCUT2D eigenvalue weighted by Crippen LogP contribution is 2.40. The van der Waals surface area contributed by atoms with E-state index in [9.17, 15) is 9.90 Å². The first-order valence-electron chi connectivity index (χ1n) is 12.9. The zero-order valence-electron chi connectivity index (χ0n) is 22.0. The molecule has 0 unspecified atom stereocenters. The quantitative estimate of drug-likeness (QED) is 0.291. The Balaban J connectivity index is 1.39. The van der Waals surface area contributed by atoms with Gasteiger partial charge in [0.15, 0.2) is 0 Å². The van der Waals surface area contributed by atoms with Crippen molar-refractivity contribution >= 4 is 5.97 Å². The van der Waals surface area contributed by atoms with Crippen LogP contribution in [0.25, 0.3) is 0 Å². The number of likely N-dealkylation sites (tertiary alicyclic amines) is 1. The summed E-state index contributed by atoms with van der Waals surface area (Å²) in [5.74, 6) is -0.0135. The van der Waals surface area contributed by atoms with E-state index in [-0.39, 0.29) is 11.6 Å². The van der Waals surface area contributed by atoms with Crippen LogP contribution in [0, 0.1) is 0 Å². The third-order valence-corrected chi connectivity index (χ3v) is 7.44. The topological polar surface area (TPSA) is 59.0 Å². The van der Waals surface area contributed by atoms with Crippen LogP contribution >= 0.6 is 0 Å². The number of allylic oxidation sites excluding steroid dienone is 1. The Morgan fingerprint density at radius 2 is 1.57 bits per heavy atom. The highest BCUT2D eigenvalue weighted by molar-refractivity contribution is 5.86. The molecule has 0 saturated carbocycles. The molecule has 1 fully saturated rings. The molecule has 1 aliphatic heterocycles. The second-order valence-electron chi connectivity index (χ2n) is 10.3. The van der Waals surface area contributed by atoms with E-state index in [1.807, 2.05) is 97.9 Å². The van der Waals surface area contributed by atoms with Crippen molar-refractivity contribution in [2.24, 2.45) is 0 Å². The van der Waals surface area contributed by atoms with E-state index in [1.165, 1.54) is 0 Å². The molecule has 1 N–H and O–H groups in total. The highest BCUT2D eigenvalue weighted by atomic mass is 16.5. The molecule has 0 aliphatic carbocycles. The van der Waals surface area contributed by atoms with Gasteiger partial charge < -0.3 is 14.6 Å². The van der Waals surface area contributed by atoms with Gasteiger partial charge in [-0.1, -0.05) is 78.9 Å². The van der Waals surface area contributed by atoms with Crippen LogP contribution in [-0.2, 0) is 21.6 Å². The first-order chi connectivity index (χ1) is 17.8. The summed E-state index contributed by atoms with van der Waals surface area (Å²) >= 11 is 0. The minimum absolute atomic E-state index is 0.159. The summed E-state index contributed by atoms with van der Waals surface area (Å²) in [6.07, 6.45) is 4.92. The van der Waals surface area contributed by atoms with Crippen LogP contribution in [0.1, 0.15) is 50.3 Å². The normalized spacial score (nSPS) is 15.0. The fraction of sp³-hybridized carbons (Fsp3) is 0.344. The number of benzene rings is 3. The van der Waals surface area contributed by atoms with Gasteiger partial charge in [-0.3, -0.25) is 9.69 Å². The van der Waals surface area contributed by atoms with Crippen LogP contribution < -0.4 is 4.74 Å². The highest BCUT2D eigenvalue weighted by Gasteiger charge is 2.45. The van der Waals surface area contributed by atoms with Crippen molar-refractivity contribution in [3.63, 3.8) is 0 Å². The molecule has 194 valence electrons. The Bertz CT molecular complexity index is 1140. The Kier molecular flexibility index (Phi) is 8.47. The van der Waals surface area contributed by atoms with Gasteiger partial charge >= 0.3 is 5.97 Å². The summed E-state index contributed by atoms with van der Waals surface area (Å²) in [6.45, 7) is 8.52. The first-order valence-corrected chi connectivity index (χ1v) is 12.9. The predicted molar refractivity (Wildman–Crippen MR) is 147 cm³/mol. The standard InChI is InChI=1S/C32H37NO4/c1-4-20-36-28-17-11-12-25(21-28)24-37-29-22-33(23-29)31(2,3)18-19-32(30(34)35,26-13-7-5-8-14-26)27-15-9-6-10-16-27/h4-17,20-21,29H,18-19,22-24H2,1-3H3,(H,34,35). The van der Waals surface area contributed by atoms with E-state index in [1.54, 1.807) is 6.26 Å². The molecule has 4 rings (SSSR count). The van der Waals surface area contributed by atoms with E-state index >= 15 is 0 Å². The maximum Gasteiger partial charge on any atom is 0.318 e. The number of nitrogens with zero attached hydrogens (tertiary/aromatic N) is 1. The van der Waals surface area contributed by atoms with Gasteiger partial charge in [0.25, 0.3) is 0 Å². The van der Waals surface area contributed by atoms with Gasteiger partial charge in [0, 0.05) is 18.6 Å². The van der Waals surface area contributed by atoms with Gasteiger partial charge in [-0.05, 0) is 62.4 Å². The molecule has 1 aliphatic rings. The number of hydrogen-bond donors (Lipinski definition) is 1. The molecule has 0 amide bonds. The minimum atomic E-state index is -1.10. The molecule has 0 radical (unpaired) electrons. The van der Waals surface area contributed by atoms with Crippen molar-refractivity contribution in [1.29, 1.82) is 0 Å². The van der Waals surface area contributed by atoms with Crippen molar-refractivity contribution in [2.75, 3.05) is 13.1 Å². The van der Waals surface area contributed by atoms with Gasteiger partial charge in [0.2, 0.25) is 0 Å². The number of aliphatic carboxylic acids is 1. The largest absolute Gasteiger partial charge is 0.480 e. The molecule has 37 heavy (non-hydrogen) atoms. The maximum atomic E-state index is 12.9. The lowest BCUT2D eigenvalue weighted by molar-refractivity contribution is -0.143. The Labute approximate surface area is 220 Å². The lowest BCUT2D eigenvalue weighted by Crippen LogP contribution is -2.61. The zero-order valence-corrected chi connectivity index (χ0v) is 22.0. The summed E-state index contributed by atoms with van der Waals surface area (Å²) < 4.78 is 11.7. The van der Waals surface area contributed by atoms with Gasteiger partial charge in [-0.15, -0.1) is 0 Å². The minimum Gasteiger partial charge on any atom is -0.480 e. The van der Waals surface area contributed by atoms with Crippen LogP contribution in [0.4, 0.5) is 0 Å². The zero-order chi connectivity index (χ0) is 26.3. The summed E-state index contributed by atoms with van der Waals surface area (Å²) in [7, 11) is 0. The molecule has 5 heteroatoms. The number of hydrogen-bond acceptors (Lipinski definition) is 4. The third-order valence-electron chi connectivity index (χ3n) is 7.44. The monoisotopic (exact) mass is 499 g/mol. The van der Waals surface area contributed by atoms with Crippen molar-refractivity contribution in [1.82, 2.24) is 4.90 Å². The summed E-state index contributed by atoms with van der Waals surface area (Å²) in [4.78, 5) is 15.3. The Morgan fingerprint density at radius 3 is 2.14 bits per heavy atom. The van der Waals surface area contributed by atoms with Gasteiger partial charge in [-0.2, -0.15) is 0 Å². The smallest absolute Gasteiger partial charge is 0.318 e. The Morgan fingerprint density at radius 1 is 0.946 bits per heavy atom. The van der Waals surface area contributed by atoms with Crippen molar-refractivity contribution < 1.29 is 19.4 Å². The maximum absolute atomic E-state index is 12.9. The molecule has 0 aromatic heterocycles. The molecule has 3 aromatic carbocycles. The predicted octanol–water partition coefficient (Wildman–Crippen LogP) is 6.43. The molecule has 0 atom stereocenters. The van der Waals surface area contributed by atoms with Crippen LogP contribution in [0.2, 0.25) is 0 Å². The SMILES string of the molecule is CC=COc1cccc(COC2CN(C(C)(C)CCC(C(=O)O)(c3ccccc3)c3ccccc3)C2)c1. The number of rotatable bonds is 12. The van der Waals surface area contributed by atoms with E-state index in [4.69, 9.17) is 9.47 Å². The van der Waals surface area contributed by atoms with Crippen molar-refractivity contribution in [2.45, 2.75) is 57.3 Å². The fourth-order valence-corrected chi connectivity index (χ4v) is 5.01. The van der Waals surface area contributed by atoms with Crippen LogP contribution in [-0.4, -0.2) is 40.7 Å². The fourth-order valence-electron chi connectivity index (χ4n) is 5.01. The molecule has 1 saturated heterocycles. The molecule has 5 nitrogen and oxygen atoms in total. The van der Waals surface area contributed by atoms with Crippen LogP contribution in [0.15, 0.2) is 97.3 Å². The van der Waals surface area contributed by atoms with Crippen LogP contribution in [0.5, 0.6) is 5.75 Å². The molecular weight excluding hydrogens is 462 g/mol. The number of carboxylic acid groups (broad SMARTS) is 1. The second kappa shape index (κ2) is 11.8. The molecular formula is C32H37NO4. The lowest BCUT2D eigenvalue weighted by Gasteiger charge is -2.50. The summed E-state index contributed by atoms with van der Waals surface area (Å²) in [5, 5.41) is 10.6. The molecule has 0 bridgehead atoms. The Hall–Kier alpha value is -3.41. The second-order valence-corrected chi connectivity index (χ2v) is 10.3. The summed E-state index contributed by atoms with van der Waals surface area (Å²) in [6, 6.07) is 27.2. The third kappa shape index (κ3) is 6.12. The average molecular weight is 500 g/mol. The van der Waals surface area contributed by atoms with Crippen LogP contribution in [0.3, 0.4) is 0 Å². The molecule has 3 aromatic rings. The van der Waals surface area contributed by atoms with E-state index < -0.39 is 11.4 Å². The van der Waals surface area contributed by atoms with Gasteiger partial charge in [0.1, 0.15) is 11.2 Å². The van der Waals surface area contributed by atoms with Crippen molar-refractivity contribution in [3.8, 4) is 5.75 Å². The average Bonchev–Trinajstić information content (AvgIpc) is 2.88. The van der Waals surface area contributed by atoms with Crippen molar-refractivity contribution in [3.05, 3.63) is 114 Å². The number of ether oxygens (including phenoxy) is 2. The van der Waals surface area contributed by atoms with E-state index in [2.05, 4.69) is 18.7 Å². The molecule has 1 heterocycles. The van der Waals surface area contributed by atoms with E-state index in [0.29, 0.717) is 13.0 Å². The first kappa shape index (κ1) is 26.6. The van der Waals surface area contributed by atoms with Gasteiger partial charge in [-0.25, -0.2) is 0 Å².